The molecule has 172 valence electrons. The van der Waals surface area contributed by atoms with E-state index in [1.807, 2.05) is 12.1 Å². The summed E-state index contributed by atoms with van der Waals surface area (Å²) in [6, 6.07) is 3.84. The first kappa shape index (κ1) is 27.0. The number of carbonyl (C=O) groups is 1. The van der Waals surface area contributed by atoms with Crippen molar-refractivity contribution < 1.29 is 9.90 Å². The Morgan fingerprint density at radius 3 is 1.87 bits per heavy atom. The first-order valence-corrected chi connectivity index (χ1v) is 11.6. The number of ketones is 1. The van der Waals surface area contributed by atoms with Crippen molar-refractivity contribution in [2.45, 2.75) is 104 Å². The van der Waals surface area contributed by atoms with E-state index in [2.05, 4.69) is 46.4 Å². The minimum atomic E-state index is -0.200. The molecule has 0 radical (unpaired) electrons. The van der Waals surface area contributed by atoms with Gasteiger partial charge in [0.1, 0.15) is 5.75 Å². The van der Waals surface area contributed by atoms with Crippen LogP contribution in [-0.4, -0.2) is 35.4 Å². The zero-order valence-electron chi connectivity index (χ0n) is 20.1. The number of likely N-dealkylation sites (tertiary alicyclic amines) is 1. The average molecular weight is 438 g/mol. The highest BCUT2D eigenvalue weighted by molar-refractivity contribution is 5.96. The molecule has 2 rings (SSSR count). The topological polar surface area (TPSA) is 40.5 Å². The average Bonchev–Trinajstić information content (AvgIpc) is 2.63. The molecule has 1 aliphatic heterocycles. The number of piperidine rings is 1. The molecule has 0 saturated carbocycles. The molecule has 1 aromatic rings. The molecule has 0 spiro atoms. The van der Waals surface area contributed by atoms with E-state index in [1.54, 1.807) is 0 Å². The number of Topliss-reactive ketones (excluding diaryl/α,β-unsaturated/α-hetero) is 1. The highest BCUT2D eigenvalue weighted by Crippen LogP contribution is 2.40. The van der Waals surface area contributed by atoms with Gasteiger partial charge >= 0.3 is 0 Å². The van der Waals surface area contributed by atoms with Crippen LogP contribution in [0.1, 0.15) is 114 Å². The highest BCUT2D eigenvalue weighted by atomic mass is 35.5. The van der Waals surface area contributed by atoms with Crippen molar-refractivity contribution in [3.05, 3.63) is 28.8 Å². The summed E-state index contributed by atoms with van der Waals surface area (Å²) in [5.74, 6) is 0.552. The number of benzene rings is 1. The molecule has 1 heterocycles. The molecule has 1 aliphatic rings. The van der Waals surface area contributed by atoms with Crippen LogP contribution in [0.15, 0.2) is 12.1 Å². The maximum absolute atomic E-state index is 12.9. The number of unbranched alkanes of at least 4 members (excludes halogenated alkanes) is 3. The van der Waals surface area contributed by atoms with Gasteiger partial charge in [-0.15, -0.1) is 12.4 Å². The van der Waals surface area contributed by atoms with Gasteiger partial charge in [-0.3, -0.25) is 4.79 Å². The monoisotopic (exact) mass is 437 g/mol. The molecule has 0 amide bonds. The number of halogens is 1. The van der Waals surface area contributed by atoms with Crippen LogP contribution in [-0.2, 0) is 10.8 Å². The van der Waals surface area contributed by atoms with Crippen LogP contribution in [0.4, 0.5) is 0 Å². The van der Waals surface area contributed by atoms with Crippen molar-refractivity contribution in [3.8, 4) is 5.75 Å². The van der Waals surface area contributed by atoms with E-state index >= 15 is 0 Å². The first-order valence-electron chi connectivity index (χ1n) is 11.6. The van der Waals surface area contributed by atoms with E-state index in [-0.39, 0.29) is 29.0 Å². The van der Waals surface area contributed by atoms with Crippen molar-refractivity contribution in [1.29, 1.82) is 0 Å². The standard InChI is InChI=1S/C26H43NO2.ClH/c1-25(2,3)21-18-20(19-22(24(21)29)26(4,5)6)23(28)14-10-7-8-11-15-27-16-12-9-13-17-27;/h18-19,29H,7-17H2,1-6H3;1H. The predicted molar refractivity (Wildman–Crippen MR) is 130 cm³/mol. The van der Waals surface area contributed by atoms with E-state index in [4.69, 9.17) is 0 Å². The zero-order valence-corrected chi connectivity index (χ0v) is 21.0. The van der Waals surface area contributed by atoms with Crippen LogP contribution in [0.5, 0.6) is 5.75 Å². The molecule has 0 unspecified atom stereocenters. The Hall–Kier alpha value is -1.06. The van der Waals surface area contributed by atoms with Crippen LogP contribution in [0.2, 0.25) is 0 Å². The summed E-state index contributed by atoms with van der Waals surface area (Å²) < 4.78 is 0. The largest absolute Gasteiger partial charge is 0.507 e. The molecular weight excluding hydrogens is 394 g/mol. The number of rotatable bonds is 8. The van der Waals surface area contributed by atoms with Gasteiger partial charge in [0, 0.05) is 23.1 Å². The van der Waals surface area contributed by atoms with Crippen LogP contribution < -0.4 is 0 Å². The Morgan fingerprint density at radius 1 is 0.867 bits per heavy atom. The maximum atomic E-state index is 12.9. The number of aromatic hydroxyl groups is 1. The Kier molecular flexibility index (Phi) is 10.4. The first-order chi connectivity index (χ1) is 13.5. The van der Waals surface area contributed by atoms with Gasteiger partial charge in [0.05, 0.1) is 0 Å². The normalized spacial score (nSPS) is 15.7. The summed E-state index contributed by atoms with van der Waals surface area (Å²) >= 11 is 0. The number of phenolic OH excluding ortho intramolecular Hbond substituents is 1. The molecule has 4 heteroatoms. The maximum Gasteiger partial charge on any atom is 0.162 e. The van der Waals surface area contributed by atoms with Gasteiger partial charge in [-0.2, -0.15) is 0 Å². The van der Waals surface area contributed by atoms with Gasteiger partial charge in [0.15, 0.2) is 5.78 Å². The summed E-state index contributed by atoms with van der Waals surface area (Å²) in [5, 5.41) is 10.8. The Bertz CT molecular complexity index is 644. The van der Waals surface area contributed by atoms with Gasteiger partial charge in [0.2, 0.25) is 0 Å². The van der Waals surface area contributed by atoms with Crippen molar-refractivity contribution in [3.63, 3.8) is 0 Å². The fourth-order valence-corrected chi connectivity index (χ4v) is 4.24. The number of phenols is 1. The second-order valence-electron chi connectivity index (χ2n) is 10.9. The van der Waals surface area contributed by atoms with Crippen LogP contribution in [0, 0.1) is 0 Å². The second-order valence-corrected chi connectivity index (χ2v) is 10.9. The zero-order chi connectivity index (χ0) is 21.7. The van der Waals surface area contributed by atoms with E-state index < -0.39 is 0 Å². The van der Waals surface area contributed by atoms with Crippen molar-refractivity contribution in [1.82, 2.24) is 4.90 Å². The van der Waals surface area contributed by atoms with Crippen molar-refractivity contribution >= 4 is 18.2 Å². The number of carbonyl (C=O) groups excluding carboxylic acids is 1. The molecule has 1 saturated heterocycles. The molecular formula is C26H44ClNO2. The van der Waals surface area contributed by atoms with Gasteiger partial charge in [-0.05, 0) is 68.3 Å². The van der Waals surface area contributed by atoms with Crippen LogP contribution in [0.3, 0.4) is 0 Å². The Labute approximate surface area is 191 Å². The lowest BCUT2D eigenvalue weighted by molar-refractivity contribution is 0.0978. The minimum absolute atomic E-state index is 0. The highest BCUT2D eigenvalue weighted by Gasteiger charge is 2.27. The molecule has 0 bridgehead atoms. The summed E-state index contributed by atoms with van der Waals surface area (Å²) in [4.78, 5) is 15.5. The summed E-state index contributed by atoms with van der Waals surface area (Å²) in [5.41, 5.74) is 2.10. The van der Waals surface area contributed by atoms with Gasteiger partial charge in [-0.25, -0.2) is 0 Å². The third kappa shape index (κ3) is 7.89. The predicted octanol–water partition coefficient (Wildman–Crippen LogP) is 7.03. The van der Waals surface area contributed by atoms with Crippen LogP contribution in [0.25, 0.3) is 0 Å². The molecule has 0 aromatic heterocycles. The lowest BCUT2D eigenvalue weighted by Crippen LogP contribution is -2.30. The molecule has 3 nitrogen and oxygen atoms in total. The summed E-state index contributed by atoms with van der Waals surface area (Å²) in [6.45, 7) is 16.3. The third-order valence-electron chi connectivity index (χ3n) is 6.12. The fourth-order valence-electron chi connectivity index (χ4n) is 4.24. The van der Waals surface area contributed by atoms with Crippen LogP contribution >= 0.6 is 12.4 Å². The van der Waals surface area contributed by atoms with E-state index in [0.29, 0.717) is 12.2 Å². The SMILES string of the molecule is CC(C)(C)c1cc(C(=O)CCCCCCN2CCCCC2)cc(C(C)(C)C)c1O.Cl. The molecule has 1 N–H and O–H groups in total. The lowest BCUT2D eigenvalue weighted by Gasteiger charge is -2.28. The van der Waals surface area contributed by atoms with Crippen molar-refractivity contribution in [2.24, 2.45) is 0 Å². The molecule has 30 heavy (non-hydrogen) atoms. The smallest absolute Gasteiger partial charge is 0.162 e. The van der Waals surface area contributed by atoms with Gasteiger partial charge in [-0.1, -0.05) is 60.8 Å². The molecule has 1 aromatic carbocycles. The van der Waals surface area contributed by atoms with E-state index in [9.17, 15) is 9.90 Å². The molecule has 0 atom stereocenters. The van der Waals surface area contributed by atoms with Gasteiger partial charge < -0.3 is 10.0 Å². The second kappa shape index (κ2) is 11.5. The Morgan fingerprint density at radius 2 is 1.37 bits per heavy atom. The Balaban J connectivity index is 0.00000450. The summed E-state index contributed by atoms with van der Waals surface area (Å²) in [7, 11) is 0. The minimum Gasteiger partial charge on any atom is -0.507 e. The summed E-state index contributed by atoms with van der Waals surface area (Å²) in [6.07, 6.45) is 9.23. The number of hydrogen-bond donors (Lipinski definition) is 1. The van der Waals surface area contributed by atoms with Crippen molar-refractivity contribution in [2.75, 3.05) is 19.6 Å². The molecule has 0 aliphatic carbocycles. The van der Waals surface area contributed by atoms with E-state index in [0.717, 1.165) is 29.5 Å². The molecule has 1 fully saturated rings. The quantitative estimate of drug-likeness (QED) is 0.350. The lowest BCUT2D eigenvalue weighted by atomic mass is 9.78. The third-order valence-corrected chi connectivity index (χ3v) is 6.12. The van der Waals surface area contributed by atoms with Gasteiger partial charge in [0.25, 0.3) is 0 Å². The fraction of sp³-hybridized carbons (Fsp3) is 0.731. The van der Waals surface area contributed by atoms with E-state index in [1.165, 1.54) is 51.7 Å². The number of hydrogen-bond acceptors (Lipinski definition) is 3. The number of nitrogens with zero attached hydrogens (tertiary/aromatic N) is 1.